The third-order valence-corrected chi connectivity index (χ3v) is 3.14. The van der Waals surface area contributed by atoms with Gasteiger partial charge in [0, 0.05) is 12.1 Å². The van der Waals surface area contributed by atoms with Crippen LogP contribution in [0.15, 0.2) is 0 Å². The highest BCUT2D eigenvalue weighted by atomic mass is 16.5. The third-order valence-electron chi connectivity index (χ3n) is 3.14. The lowest BCUT2D eigenvalue weighted by Gasteiger charge is -2.39. The van der Waals surface area contributed by atoms with Crippen molar-refractivity contribution in [3.8, 4) is 0 Å². The maximum absolute atomic E-state index is 11.5. The third kappa shape index (κ3) is 2.18. The summed E-state index contributed by atoms with van der Waals surface area (Å²) in [6.07, 6.45) is 4.36. The number of nitrogens with one attached hydrogen (secondary N) is 2. The molecule has 4 heteroatoms. The van der Waals surface area contributed by atoms with E-state index in [1.807, 2.05) is 0 Å². The molecule has 0 aromatic carbocycles. The Labute approximate surface area is 84.4 Å². The fourth-order valence-electron chi connectivity index (χ4n) is 1.98. The highest BCUT2D eigenvalue weighted by Crippen LogP contribution is 2.30. The number of hydrogen-bond donors (Lipinski definition) is 2. The van der Waals surface area contributed by atoms with Crippen LogP contribution in [-0.4, -0.2) is 30.8 Å². The van der Waals surface area contributed by atoms with Crippen molar-refractivity contribution in [2.24, 2.45) is 0 Å². The van der Waals surface area contributed by atoms with Crippen molar-refractivity contribution in [1.29, 1.82) is 0 Å². The summed E-state index contributed by atoms with van der Waals surface area (Å²) in [5.74, 6) is 0. The molecule has 1 saturated heterocycles. The van der Waals surface area contributed by atoms with Gasteiger partial charge in [0.25, 0.3) is 0 Å². The van der Waals surface area contributed by atoms with Crippen molar-refractivity contribution in [3.63, 3.8) is 0 Å². The van der Waals surface area contributed by atoms with E-state index in [0.29, 0.717) is 6.61 Å². The summed E-state index contributed by atoms with van der Waals surface area (Å²) < 4.78 is 5.19. The van der Waals surface area contributed by atoms with E-state index in [2.05, 4.69) is 17.6 Å². The number of amides is 2. The van der Waals surface area contributed by atoms with Gasteiger partial charge in [-0.2, -0.15) is 0 Å². The molecule has 2 N–H and O–H groups in total. The summed E-state index contributed by atoms with van der Waals surface area (Å²) in [7, 11) is 0. The van der Waals surface area contributed by atoms with Gasteiger partial charge in [-0.05, 0) is 32.6 Å². The van der Waals surface area contributed by atoms with Gasteiger partial charge in [0.1, 0.15) is 0 Å². The fraction of sp³-hybridized carbons (Fsp3) is 0.900. The molecule has 0 aromatic rings. The number of carbonyl (C=O) groups is 1. The normalized spacial score (nSPS) is 29.4. The largest absolute Gasteiger partial charge is 0.379 e. The zero-order valence-electron chi connectivity index (χ0n) is 8.64. The van der Waals surface area contributed by atoms with Gasteiger partial charge in [0.05, 0.1) is 12.6 Å². The monoisotopic (exact) mass is 198 g/mol. The van der Waals surface area contributed by atoms with Crippen LogP contribution >= 0.6 is 0 Å². The molecule has 0 spiro atoms. The number of hydrogen-bond acceptors (Lipinski definition) is 2. The quantitative estimate of drug-likeness (QED) is 0.696. The molecule has 1 unspecified atom stereocenters. The molecular weight excluding hydrogens is 180 g/mol. The maximum Gasteiger partial charge on any atom is 0.315 e. The van der Waals surface area contributed by atoms with Crippen molar-refractivity contribution in [1.82, 2.24) is 10.6 Å². The molecule has 0 radical (unpaired) electrons. The van der Waals surface area contributed by atoms with E-state index in [1.165, 1.54) is 6.42 Å². The van der Waals surface area contributed by atoms with Crippen molar-refractivity contribution in [3.05, 3.63) is 0 Å². The second-order valence-electron chi connectivity index (χ2n) is 4.57. The molecule has 2 fully saturated rings. The molecule has 1 aliphatic heterocycles. The lowest BCUT2D eigenvalue weighted by Crippen LogP contribution is -2.55. The smallest absolute Gasteiger partial charge is 0.315 e. The van der Waals surface area contributed by atoms with E-state index >= 15 is 0 Å². The average Bonchev–Trinajstić information content (AvgIpc) is 2.53. The first-order valence-electron chi connectivity index (χ1n) is 5.34. The van der Waals surface area contributed by atoms with Crippen LogP contribution < -0.4 is 10.6 Å². The second-order valence-corrected chi connectivity index (χ2v) is 4.57. The van der Waals surface area contributed by atoms with Gasteiger partial charge < -0.3 is 15.4 Å². The van der Waals surface area contributed by atoms with Crippen molar-refractivity contribution >= 4 is 6.03 Å². The van der Waals surface area contributed by atoms with Crippen molar-refractivity contribution in [2.45, 2.75) is 44.2 Å². The van der Waals surface area contributed by atoms with Gasteiger partial charge in [-0.1, -0.05) is 0 Å². The second kappa shape index (κ2) is 3.77. The van der Waals surface area contributed by atoms with Crippen LogP contribution in [-0.2, 0) is 4.74 Å². The Kier molecular flexibility index (Phi) is 2.63. The lowest BCUT2D eigenvalue weighted by molar-refractivity contribution is 0.178. The highest BCUT2D eigenvalue weighted by Gasteiger charge is 2.33. The summed E-state index contributed by atoms with van der Waals surface area (Å²) in [4.78, 5) is 11.5. The molecule has 2 rings (SSSR count). The molecule has 0 aromatic heterocycles. The molecular formula is C10H18N2O2. The van der Waals surface area contributed by atoms with Gasteiger partial charge >= 0.3 is 6.03 Å². The summed E-state index contributed by atoms with van der Waals surface area (Å²) in [6, 6.07) is 0.168. The van der Waals surface area contributed by atoms with Gasteiger partial charge in [0.15, 0.2) is 0 Å². The Hall–Kier alpha value is -0.770. The summed E-state index contributed by atoms with van der Waals surface area (Å²) in [5.41, 5.74) is 0.0452. The molecule has 4 nitrogen and oxygen atoms in total. The van der Waals surface area contributed by atoms with E-state index < -0.39 is 0 Å². The van der Waals surface area contributed by atoms with Crippen LogP contribution in [0, 0.1) is 0 Å². The van der Waals surface area contributed by atoms with E-state index in [0.717, 1.165) is 25.9 Å². The Morgan fingerprint density at radius 1 is 1.50 bits per heavy atom. The minimum atomic E-state index is -0.0392. The lowest BCUT2D eigenvalue weighted by atomic mass is 9.79. The van der Waals surface area contributed by atoms with Crippen LogP contribution in [0.2, 0.25) is 0 Å². The predicted molar refractivity (Wildman–Crippen MR) is 53.1 cm³/mol. The number of urea groups is 1. The molecule has 2 amide bonds. The SMILES string of the molecule is CC1(NC(=O)NC2CCOC2)CCC1. The number of rotatable bonds is 2. The highest BCUT2D eigenvalue weighted by molar-refractivity contribution is 5.75. The molecule has 1 saturated carbocycles. The predicted octanol–water partition coefficient (Wildman–Crippen LogP) is 1.02. The van der Waals surface area contributed by atoms with Crippen LogP contribution in [0.1, 0.15) is 32.6 Å². The van der Waals surface area contributed by atoms with Crippen LogP contribution in [0.5, 0.6) is 0 Å². The molecule has 1 aliphatic carbocycles. The Morgan fingerprint density at radius 2 is 2.29 bits per heavy atom. The van der Waals surface area contributed by atoms with Crippen molar-refractivity contribution in [2.75, 3.05) is 13.2 Å². The summed E-state index contributed by atoms with van der Waals surface area (Å²) in [6.45, 7) is 3.52. The Balaban J connectivity index is 1.72. The summed E-state index contributed by atoms with van der Waals surface area (Å²) >= 11 is 0. The molecule has 0 bridgehead atoms. The fourth-order valence-corrected chi connectivity index (χ4v) is 1.98. The molecule has 80 valence electrons. The van der Waals surface area contributed by atoms with E-state index in [4.69, 9.17) is 4.74 Å². The Bertz CT molecular complexity index is 220. The molecule has 1 atom stereocenters. The standard InChI is InChI=1S/C10H18N2O2/c1-10(4-2-5-10)12-9(13)11-8-3-6-14-7-8/h8H,2-7H2,1H3,(H2,11,12,13). The zero-order chi connectivity index (χ0) is 10.0. The van der Waals surface area contributed by atoms with Gasteiger partial charge in [0.2, 0.25) is 0 Å². The minimum Gasteiger partial charge on any atom is -0.379 e. The average molecular weight is 198 g/mol. The van der Waals surface area contributed by atoms with Gasteiger partial charge in [-0.3, -0.25) is 0 Å². The molecule has 14 heavy (non-hydrogen) atoms. The topological polar surface area (TPSA) is 50.4 Å². The van der Waals surface area contributed by atoms with E-state index in [9.17, 15) is 4.79 Å². The Morgan fingerprint density at radius 3 is 2.79 bits per heavy atom. The summed E-state index contributed by atoms with van der Waals surface area (Å²) in [5, 5.41) is 5.94. The van der Waals surface area contributed by atoms with Gasteiger partial charge in [-0.15, -0.1) is 0 Å². The number of carbonyl (C=O) groups excluding carboxylic acids is 1. The van der Waals surface area contributed by atoms with Crippen LogP contribution in [0.4, 0.5) is 4.79 Å². The minimum absolute atomic E-state index is 0.0392. The first-order valence-corrected chi connectivity index (χ1v) is 5.34. The number of ether oxygens (including phenoxy) is 1. The molecule has 2 aliphatic rings. The zero-order valence-corrected chi connectivity index (χ0v) is 8.64. The van der Waals surface area contributed by atoms with Crippen LogP contribution in [0.25, 0.3) is 0 Å². The molecule has 1 heterocycles. The van der Waals surface area contributed by atoms with E-state index in [-0.39, 0.29) is 17.6 Å². The maximum atomic E-state index is 11.5. The first kappa shape index (κ1) is 9.77. The van der Waals surface area contributed by atoms with E-state index in [1.54, 1.807) is 0 Å². The first-order chi connectivity index (χ1) is 6.68. The van der Waals surface area contributed by atoms with Crippen molar-refractivity contribution < 1.29 is 9.53 Å². The van der Waals surface area contributed by atoms with Gasteiger partial charge in [-0.25, -0.2) is 4.79 Å². The van der Waals surface area contributed by atoms with Crippen LogP contribution in [0.3, 0.4) is 0 Å².